The molecular formula is C12H18BrN5O. The summed E-state index contributed by atoms with van der Waals surface area (Å²) in [7, 11) is 0. The number of aromatic nitrogens is 2. The Bertz CT molecular complexity index is 467. The number of amides is 1. The summed E-state index contributed by atoms with van der Waals surface area (Å²) >= 11 is 3.55. The van der Waals surface area contributed by atoms with Gasteiger partial charge in [-0.3, -0.25) is 4.79 Å². The molecule has 1 unspecified atom stereocenters. The highest BCUT2D eigenvalue weighted by molar-refractivity contribution is 9.10. The van der Waals surface area contributed by atoms with Gasteiger partial charge in [-0.1, -0.05) is 0 Å². The number of hydrogen-bond donors (Lipinski definition) is 2. The van der Waals surface area contributed by atoms with Crippen molar-refractivity contribution in [2.45, 2.75) is 26.3 Å². The molecule has 1 aromatic heterocycles. The van der Waals surface area contributed by atoms with E-state index in [9.17, 15) is 4.79 Å². The maximum Gasteiger partial charge on any atom is 0.217 e. The van der Waals surface area contributed by atoms with Gasteiger partial charge in [0.05, 0.1) is 0 Å². The maximum absolute atomic E-state index is 11.1. The van der Waals surface area contributed by atoms with E-state index in [-0.39, 0.29) is 11.9 Å². The molecule has 0 saturated carbocycles. The first kappa shape index (κ1) is 14.0. The molecule has 0 bridgehead atoms. The fourth-order valence-electron chi connectivity index (χ4n) is 2.23. The van der Waals surface area contributed by atoms with Crippen molar-refractivity contribution in [3.63, 3.8) is 0 Å². The third-order valence-corrected chi connectivity index (χ3v) is 3.74. The minimum absolute atomic E-state index is 0.0157. The molecule has 0 aliphatic carbocycles. The Balaban J connectivity index is 2.11. The number of carbonyl (C=O) groups is 1. The van der Waals surface area contributed by atoms with E-state index in [0.29, 0.717) is 0 Å². The Morgan fingerprint density at radius 1 is 1.58 bits per heavy atom. The van der Waals surface area contributed by atoms with Crippen molar-refractivity contribution in [3.8, 4) is 0 Å². The van der Waals surface area contributed by atoms with Crippen molar-refractivity contribution in [3.05, 3.63) is 10.8 Å². The molecule has 1 aromatic rings. The van der Waals surface area contributed by atoms with Crippen LogP contribution in [-0.2, 0) is 4.79 Å². The van der Waals surface area contributed by atoms with Crippen molar-refractivity contribution in [1.29, 1.82) is 0 Å². The summed E-state index contributed by atoms with van der Waals surface area (Å²) in [5.74, 6) is 1.69. The number of halogens is 1. The highest BCUT2D eigenvalue weighted by Gasteiger charge is 2.26. The summed E-state index contributed by atoms with van der Waals surface area (Å²) in [6.45, 7) is 6.04. The van der Waals surface area contributed by atoms with E-state index in [4.69, 9.17) is 0 Å². The highest BCUT2D eigenvalue weighted by Crippen LogP contribution is 2.31. The predicted octanol–water partition coefficient (Wildman–Crippen LogP) is 1.39. The molecule has 1 atom stereocenters. The second-order valence-corrected chi connectivity index (χ2v) is 5.32. The summed E-state index contributed by atoms with van der Waals surface area (Å²) in [5, 5.41) is 6.13. The Morgan fingerprint density at radius 2 is 2.37 bits per heavy atom. The third-order valence-electron chi connectivity index (χ3n) is 3.01. The second-order valence-electron chi connectivity index (χ2n) is 4.52. The van der Waals surface area contributed by atoms with Crippen LogP contribution < -0.4 is 15.5 Å². The molecule has 6 nitrogen and oxygen atoms in total. The fourth-order valence-corrected chi connectivity index (χ4v) is 2.83. The second kappa shape index (κ2) is 6.18. The lowest BCUT2D eigenvalue weighted by molar-refractivity contribution is -0.119. The van der Waals surface area contributed by atoms with Crippen molar-refractivity contribution in [1.82, 2.24) is 15.3 Å². The first-order valence-electron chi connectivity index (χ1n) is 6.38. The summed E-state index contributed by atoms with van der Waals surface area (Å²) in [5.41, 5.74) is 0. The SMILES string of the molecule is CCNc1ncnc(N2CCC(NC(C)=O)C2)c1Br. The number of carbonyl (C=O) groups excluding carboxylic acids is 1. The van der Waals surface area contributed by atoms with E-state index >= 15 is 0 Å². The lowest BCUT2D eigenvalue weighted by atomic mass is 10.3. The van der Waals surface area contributed by atoms with Crippen LogP contribution in [0.2, 0.25) is 0 Å². The minimum Gasteiger partial charge on any atom is -0.369 e. The van der Waals surface area contributed by atoms with E-state index in [1.807, 2.05) is 6.92 Å². The van der Waals surface area contributed by atoms with Gasteiger partial charge < -0.3 is 15.5 Å². The van der Waals surface area contributed by atoms with Gasteiger partial charge in [-0.2, -0.15) is 0 Å². The van der Waals surface area contributed by atoms with Crippen molar-refractivity contribution < 1.29 is 4.79 Å². The van der Waals surface area contributed by atoms with Crippen LogP contribution in [-0.4, -0.2) is 41.6 Å². The van der Waals surface area contributed by atoms with E-state index in [0.717, 1.165) is 42.2 Å². The van der Waals surface area contributed by atoms with Gasteiger partial charge >= 0.3 is 0 Å². The maximum atomic E-state index is 11.1. The molecule has 2 rings (SSSR count). The minimum atomic E-state index is 0.0157. The van der Waals surface area contributed by atoms with Gasteiger partial charge in [-0.15, -0.1) is 0 Å². The Hall–Kier alpha value is -1.37. The number of rotatable bonds is 4. The topological polar surface area (TPSA) is 70.2 Å². The molecule has 19 heavy (non-hydrogen) atoms. The summed E-state index contributed by atoms with van der Waals surface area (Å²) < 4.78 is 0.875. The molecule has 104 valence electrons. The van der Waals surface area contributed by atoms with E-state index in [1.54, 1.807) is 13.3 Å². The van der Waals surface area contributed by atoms with Crippen molar-refractivity contribution >= 4 is 33.5 Å². The lowest BCUT2D eigenvalue weighted by Crippen LogP contribution is -2.35. The summed E-state index contributed by atoms with van der Waals surface area (Å²) in [6.07, 6.45) is 2.50. The summed E-state index contributed by atoms with van der Waals surface area (Å²) in [4.78, 5) is 21.8. The average molecular weight is 328 g/mol. The van der Waals surface area contributed by atoms with Gasteiger partial charge in [-0.25, -0.2) is 9.97 Å². The van der Waals surface area contributed by atoms with Gasteiger partial charge in [0, 0.05) is 32.6 Å². The van der Waals surface area contributed by atoms with E-state index < -0.39 is 0 Å². The van der Waals surface area contributed by atoms with Crippen LogP contribution in [0.1, 0.15) is 20.3 Å². The predicted molar refractivity (Wildman–Crippen MR) is 78.3 cm³/mol. The number of anilines is 2. The first-order chi connectivity index (χ1) is 9.11. The van der Waals surface area contributed by atoms with Crippen molar-refractivity contribution in [2.75, 3.05) is 29.9 Å². The quantitative estimate of drug-likeness (QED) is 0.874. The molecule has 1 fully saturated rings. The van der Waals surface area contributed by atoms with Gasteiger partial charge in [-0.05, 0) is 29.3 Å². The van der Waals surface area contributed by atoms with Crippen molar-refractivity contribution in [2.24, 2.45) is 0 Å². The standard InChI is InChI=1S/C12H18BrN5O/c1-3-14-11-10(13)12(16-7-15-11)18-5-4-9(6-18)17-8(2)19/h7,9H,3-6H2,1-2H3,(H,17,19)(H,14,15,16). The first-order valence-corrected chi connectivity index (χ1v) is 7.17. The van der Waals surface area contributed by atoms with Gasteiger partial charge in [0.1, 0.15) is 22.4 Å². The molecule has 7 heteroatoms. The molecule has 1 aliphatic rings. The van der Waals surface area contributed by atoms with Crippen LogP contribution in [0.25, 0.3) is 0 Å². The highest BCUT2D eigenvalue weighted by atomic mass is 79.9. The van der Waals surface area contributed by atoms with Gasteiger partial charge in [0.15, 0.2) is 0 Å². The van der Waals surface area contributed by atoms with Crippen LogP contribution in [0.5, 0.6) is 0 Å². The molecule has 0 spiro atoms. The van der Waals surface area contributed by atoms with E-state index in [1.165, 1.54) is 0 Å². The Kier molecular flexibility index (Phi) is 4.57. The van der Waals surface area contributed by atoms with Crippen LogP contribution >= 0.6 is 15.9 Å². The average Bonchev–Trinajstić information content (AvgIpc) is 2.79. The van der Waals surface area contributed by atoms with E-state index in [2.05, 4.69) is 41.4 Å². The van der Waals surface area contributed by atoms with Crippen LogP contribution in [0, 0.1) is 0 Å². The largest absolute Gasteiger partial charge is 0.369 e. The lowest BCUT2D eigenvalue weighted by Gasteiger charge is -2.20. The monoisotopic (exact) mass is 327 g/mol. The number of nitrogens with zero attached hydrogens (tertiary/aromatic N) is 3. The zero-order chi connectivity index (χ0) is 13.8. The molecule has 1 amide bonds. The van der Waals surface area contributed by atoms with Crippen LogP contribution in [0.15, 0.2) is 10.8 Å². The third kappa shape index (κ3) is 3.34. The Labute approximate surface area is 121 Å². The fraction of sp³-hybridized carbons (Fsp3) is 0.583. The molecule has 2 N–H and O–H groups in total. The molecule has 1 saturated heterocycles. The van der Waals surface area contributed by atoms with Gasteiger partial charge in [0.25, 0.3) is 0 Å². The number of nitrogens with one attached hydrogen (secondary N) is 2. The molecule has 1 aliphatic heterocycles. The molecule has 0 radical (unpaired) electrons. The number of hydrogen-bond acceptors (Lipinski definition) is 5. The smallest absolute Gasteiger partial charge is 0.217 e. The summed E-state index contributed by atoms with van der Waals surface area (Å²) in [6, 6.07) is 0.196. The zero-order valence-corrected chi connectivity index (χ0v) is 12.7. The molecular weight excluding hydrogens is 310 g/mol. The molecule has 2 heterocycles. The normalized spacial score (nSPS) is 18.5. The van der Waals surface area contributed by atoms with Crippen LogP contribution in [0.4, 0.5) is 11.6 Å². The Morgan fingerprint density at radius 3 is 3.05 bits per heavy atom. The van der Waals surface area contributed by atoms with Crippen LogP contribution in [0.3, 0.4) is 0 Å². The van der Waals surface area contributed by atoms with Gasteiger partial charge in [0.2, 0.25) is 5.91 Å². The molecule has 0 aromatic carbocycles. The zero-order valence-electron chi connectivity index (χ0n) is 11.1.